The summed E-state index contributed by atoms with van der Waals surface area (Å²) in [5.41, 5.74) is 2.26. The number of imidazole rings is 1. The van der Waals surface area contributed by atoms with Crippen molar-refractivity contribution in [1.82, 2.24) is 9.55 Å². The van der Waals surface area contributed by atoms with E-state index in [-0.39, 0.29) is 6.10 Å². The van der Waals surface area contributed by atoms with Gasteiger partial charge in [-0.3, -0.25) is 0 Å². The molecule has 22 heavy (non-hydrogen) atoms. The minimum absolute atomic E-state index is 0.0221. The van der Waals surface area contributed by atoms with E-state index in [0.29, 0.717) is 6.61 Å². The summed E-state index contributed by atoms with van der Waals surface area (Å²) < 4.78 is 8.16. The van der Waals surface area contributed by atoms with Gasteiger partial charge >= 0.3 is 0 Å². The van der Waals surface area contributed by atoms with E-state index in [1.165, 1.54) is 0 Å². The summed E-state index contributed by atoms with van der Waals surface area (Å²) in [6.07, 6.45) is 5.51. The van der Waals surface area contributed by atoms with E-state index in [9.17, 15) is 0 Å². The first-order chi connectivity index (χ1) is 10.8. The Morgan fingerprint density at radius 3 is 2.50 bits per heavy atom. The van der Waals surface area contributed by atoms with E-state index in [4.69, 9.17) is 16.3 Å². The van der Waals surface area contributed by atoms with E-state index in [0.717, 1.165) is 22.7 Å². The summed E-state index contributed by atoms with van der Waals surface area (Å²) in [6, 6.07) is 18.0. The van der Waals surface area contributed by atoms with Gasteiger partial charge in [-0.1, -0.05) is 54.1 Å². The highest BCUT2D eigenvalue weighted by Gasteiger charge is 2.12. The molecule has 0 aliphatic rings. The Hall–Kier alpha value is -2.10. The van der Waals surface area contributed by atoms with Gasteiger partial charge in [-0.05, 0) is 23.3 Å². The Morgan fingerprint density at radius 2 is 1.82 bits per heavy atom. The number of aromatic nitrogens is 2. The van der Waals surface area contributed by atoms with Gasteiger partial charge in [-0.2, -0.15) is 0 Å². The maximum Gasteiger partial charge on any atom is 0.101 e. The molecule has 0 saturated heterocycles. The molecule has 0 spiro atoms. The summed E-state index contributed by atoms with van der Waals surface area (Å²) in [6.45, 7) is 1.28. The smallest absolute Gasteiger partial charge is 0.101 e. The predicted molar refractivity (Wildman–Crippen MR) is 87.7 cm³/mol. The van der Waals surface area contributed by atoms with Crippen molar-refractivity contribution in [2.75, 3.05) is 0 Å². The summed E-state index contributed by atoms with van der Waals surface area (Å²) in [5, 5.41) is 0.738. The molecule has 112 valence electrons. The summed E-state index contributed by atoms with van der Waals surface area (Å²) in [4.78, 5) is 4.09. The molecule has 3 nitrogen and oxygen atoms in total. The second-order valence-corrected chi connectivity index (χ2v) is 5.53. The van der Waals surface area contributed by atoms with Gasteiger partial charge in [0.1, 0.15) is 6.10 Å². The molecule has 0 unspecified atom stereocenters. The highest BCUT2D eigenvalue weighted by Crippen LogP contribution is 2.21. The molecule has 0 aliphatic carbocycles. The van der Waals surface area contributed by atoms with Crippen molar-refractivity contribution < 1.29 is 4.74 Å². The second kappa shape index (κ2) is 7.25. The highest BCUT2D eigenvalue weighted by atomic mass is 35.5. The standard InChI is InChI=1S/C18H17ClN2O/c19-17-8-6-15(7-9-17)13-22-18(12-21-11-10-20-14-21)16-4-2-1-3-5-16/h1-11,14,18H,12-13H2/t18-/m1/s1. The zero-order valence-corrected chi connectivity index (χ0v) is 12.9. The Labute approximate surface area is 135 Å². The molecular formula is C18H17ClN2O. The molecule has 2 aromatic carbocycles. The zero-order chi connectivity index (χ0) is 15.2. The van der Waals surface area contributed by atoms with Crippen LogP contribution in [0.1, 0.15) is 17.2 Å². The summed E-state index contributed by atoms with van der Waals surface area (Å²) in [7, 11) is 0. The fourth-order valence-corrected chi connectivity index (χ4v) is 2.41. The normalized spacial score (nSPS) is 12.2. The lowest BCUT2D eigenvalue weighted by molar-refractivity contribution is 0.0280. The van der Waals surface area contributed by atoms with E-state index in [1.807, 2.05) is 59.6 Å². The van der Waals surface area contributed by atoms with Gasteiger partial charge in [0.2, 0.25) is 0 Å². The van der Waals surface area contributed by atoms with Crippen LogP contribution in [0, 0.1) is 0 Å². The van der Waals surface area contributed by atoms with Crippen molar-refractivity contribution in [2.45, 2.75) is 19.3 Å². The molecule has 0 aliphatic heterocycles. The topological polar surface area (TPSA) is 27.1 Å². The third-order valence-electron chi connectivity index (χ3n) is 3.47. The fourth-order valence-electron chi connectivity index (χ4n) is 2.29. The van der Waals surface area contributed by atoms with Crippen LogP contribution in [0.25, 0.3) is 0 Å². The van der Waals surface area contributed by atoms with Gasteiger partial charge in [-0.25, -0.2) is 4.98 Å². The lowest BCUT2D eigenvalue weighted by Crippen LogP contribution is -2.12. The minimum atomic E-state index is -0.0221. The van der Waals surface area contributed by atoms with Crippen LogP contribution in [-0.2, 0) is 17.9 Å². The van der Waals surface area contributed by atoms with Crippen LogP contribution < -0.4 is 0 Å². The maximum atomic E-state index is 6.14. The van der Waals surface area contributed by atoms with Crippen molar-refractivity contribution in [3.8, 4) is 0 Å². The van der Waals surface area contributed by atoms with Crippen LogP contribution >= 0.6 is 11.6 Å². The monoisotopic (exact) mass is 312 g/mol. The van der Waals surface area contributed by atoms with Gasteiger partial charge in [0, 0.05) is 17.4 Å². The van der Waals surface area contributed by atoms with Crippen molar-refractivity contribution >= 4 is 11.6 Å². The summed E-state index contributed by atoms with van der Waals surface area (Å²) >= 11 is 5.91. The van der Waals surface area contributed by atoms with Crippen LogP contribution in [0.15, 0.2) is 73.3 Å². The molecule has 1 atom stereocenters. The van der Waals surface area contributed by atoms with E-state index in [2.05, 4.69) is 17.1 Å². The SMILES string of the molecule is Clc1ccc(CO[C@H](Cn2ccnc2)c2ccccc2)cc1. The molecule has 3 aromatic rings. The van der Waals surface area contributed by atoms with Crippen molar-refractivity contribution in [3.63, 3.8) is 0 Å². The Kier molecular flexibility index (Phi) is 4.88. The number of halogens is 1. The van der Waals surface area contributed by atoms with E-state index in [1.54, 1.807) is 6.20 Å². The Morgan fingerprint density at radius 1 is 1.05 bits per heavy atom. The number of benzene rings is 2. The molecule has 0 radical (unpaired) electrons. The quantitative estimate of drug-likeness (QED) is 0.670. The molecule has 0 amide bonds. The highest BCUT2D eigenvalue weighted by molar-refractivity contribution is 6.30. The molecule has 0 saturated carbocycles. The van der Waals surface area contributed by atoms with Crippen molar-refractivity contribution in [3.05, 3.63) is 89.5 Å². The molecule has 0 bridgehead atoms. The number of ether oxygens (including phenoxy) is 1. The number of nitrogens with zero attached hydrogens (tertiary/aromatic N) is 2. The van der Waals surface area contributed by atoms with Crippen molar-refractivity contribution in [1.29, 1.82) is 0 Å². The van der Waals surface area contributed by atoms with Gasteiger partial charge in [-0.15, -0.1) is 0 Å². The average Bonchev–Trinajstić information content (AvgIpc) is 3.07. The number of hydrogen-bond acceptors (Lipinski definition) is 2. The minimum Gasteiger partial charge on any atom is -0.367 e. The molecule has 0 fully saturated rings. The molecule has 4 heteroatoms. The lowest BCUT2D eigenvalue weighted by Gasteiger charge is -2.19. The van der Waals surface area contributed by atoms with Crippen LogP contribution in [0.3, 0.4) is 0 Å². The third kappa shape index (κ3) is 3.97. The Bertz CT molecular complexity index is 681. The van der Waals surface area contributed by atoms with Crippen LogP contribution in [-0.4, -0.2) is 9.55 Å². The van der Waals surface area contributed by atoms with Crippen molar-refractivity contribution in [2.24, 2.45) is 0 Å². The third-order valence-corrected chi connectivity index (χ3v) is 3.72. The zero-order valence-electron chi connectivity index (χ0n) is 12.1. The second-order valence-electron chi connectivity index (χ2n) is 5.10. The van der Waals surface area contributed by atoms with Gasteiger partial charge in [0.25, 0.3) is 0 Å². The van der Waals surface area contributed by atoms with Gasteiger partial charge < -0.3 is 9.30 Å². The predicted octanol–water partition coefficient (Wildman–Crippen LogP) is 4.49. The van der Waals surface area contributed by atoms with Gasteiger partial charge in [0.15, 0.2) is 0 Å². The molecule has 1 aromatic heterocycles. The molecule has 0 N–H and O–H groups in total. The lowest BCUT2D eigenvalue weighted by atomic mass is 10.1. The first kappa shape index (κ1) is 14.8. The number of rotatable bonds is 6. The molecule has 3 rings (SSSR count). The first-order valence-electron chi connectivity index (χ1n) is 7.18. The largest absolute Gasteiger partial charge is 0.367 e. The van der Waals surface area contributed by atoms with Gasteiger partial charge in [0.05, 0.1) is 19.5 Å². The first-order valence-corrected chi connectivity index (χ1v) is 7.56. The van der Waals surface area contributed by atoms with Crippen LogP contribution in [0.5, 0.6) is 0 Å². The average molecular weight is 313 g/mol. The van der Waals surface area contributed by atoms with E-state index >= 15 is 0 Å². The van der Waals surface area contributed by atoms with Crippen LogP contribution in [0.4, 0.5) is 0 Å². The molecular weight excluding hydrogens is 296 g/mol. The molecule has 1 heterocycles. The Balaban J connectivity index is 1.72. The number of hydrogen-bond donors (Lipinski definition) is 0. The van der Waals surface area contributed by atoms with E-state index < -0.39 is 0 Å². The maximum absolute atomic E-state index is 6.14. The summed E-state index contributed by atoms with van der Waals surface area (Å²) in [5.74, 6) is 0. The fraction of sp³-hybridized carbons (Fsp3) is 0.167. The van der Waals surface area contributed by atoms with Crippen LogP contribution in [0.2, 0.25) is 5.02 Å².